The smallest absolute Gasteiger partial charge is 0.243 e. The van der Waals surface area contributed by atoms with Crippen molar-refractivity contribution in [3.05, 3.63) is 48.0 Å². The van der Waals surface area contributed by atoms with E-state index in [-0.39, 0.29) is 0 Å². The molecule has 0 N–H and O–H groups in total. The quantitative estimate of drug-likeness (QED) is 0.803. The number of nitrogens with zero attached hydrogens (tertiary/aromatic N) is 2. The Balaban J connectivity index is 1.74. The fourth-order valence-corrected chi connectivity index (χ4v) is 4.50. The summed E-state index contributed by atoms with van der Waals surface area (Å²) in [4.78, 5) is 2.48. The van der Waals surface area contributed by atoms with Crippen molar-refractivity contribution >= 4 is 15.7 Å². The highest BCUT2D eigenvalue weighted by Crippen LogP contribution is 2.33. The van der Waals surface area contributed by atoms with Gasteiger partial charge in [0.05, 0.1) is 24.8 Å². The Morgan fingerprint density at radius 1 is 0.885 bits per heavy atom. The average Bonchev–Trinajstić information content (AvgIpc) is 2.68. The predicted molar refractivity (Wildman–Crippen MR) is 102 cm³/mol. The van der Waals surface area contributed by atoms with Crippen molar-refractivity contribution in [2.75, 3.05) is 45.3 Å². The van der Waals surface area contributed by atoms with Gasteiger partial charge < -0.3 is 14.4 Å². The maximum atomic E-state index is 12.8. The van der Waals surface area contributed by atoms with Gasteiger partial charge in [-0.3, -0.25) is 0 Å². The molecule has 0 unspecified atom stereocenters. The van der Waals surface area contributed by atoms with E-state index in [9.17, 15) is 8.42 Å². The predicted octanol–water partition coefficient (Wildman–Crippen LogP) is 2.52. The van der Waals surface area contributed by atoms with E-state index >= 15 is 0 Å². The van der Waals surface area contributed by atoms with Gasteiger partial charge in [-0.15, -0.1) is 0 Å². The van der Waals surface area contributed by atoms with Gasteiger partial charge in [0, 0.05) is 32.2 Å². The molecule has 0 atom stereocenters. The van der Waals surface area contributed by atoms with Crippen LogP contribution in [-0.4, -0.2) is 53.1 Å². The van der Waals surface area contributed by atoms with Gasteiger partial charge in [-0.25, -0.2) is 8.42 Å². The van der Waals surface area contributed by atoms with Crippen LogP contribution in [0.2, 0.25) is 0 Å². The summed E-state index contributed by atoms with van der Waals surface area (Å²) in [6, 6.07) is 12.7. The van der Waals surface area contributed by atoms with Crippen LogP contribution in [0.25, 0.3) is 0 Å². The van der Waals surface area contributed by atoms with E-state index in [1.807, 2.05) is 37.3 Å². The summed E-state index contributed by atoms with van der Waals surface area (Å²) in [7, 11) is -0.220. The molecule has 0 amide bonds. The summed E-state index contributed by atoms with van der Waals surface area (Å²) >= 11 is 0. The van der Waals surface area contributed by atoms with Crippen molar-refractivity contribution in [1.82, 2.24) is 4.31 Å². The summed E-state index contributed by atoms with van der Waals surface area (Å²) in [5.74, 6) is 1.45. The van der Waals surface area contributed by atoms with Crippen LogP contribution in [0.15, 0.2) is 47.4 Å². The molecule has 2 aromatic carbocycles. The fourth-order valence-electron chi connectivity index (χ4n) is 3.07. The third-order valence-electron chi connectivity index (χ3n) is 4.62. The highest BCUT2D eigenvalue weighted by atomic mass is 32.2. The Morgan fingerprint density at radius 2 is 1.54 bits per heavy atom. The fraction of sp³-hybridized carbons (Fsp3) is 0.368. The molecule has 0 bridgehead atoms. The van der Waals surface area contributed by atoms with Crippen LogP contribution < -0.4 is 14.4 Å². The number of hydrogen-bond donors (Lipinski definition) is 0. The molecular formula is C19H24N2O4S. The van der Waals surface area contributed by atoms with Crippen LogP contribution in [0.4, 0.5) is 5.69 Å². The number of methoxy groups -OCH3 is 2. The van der Waals surface area contributed by atoms with Crippen LogP contribution in [0.1, 0.15) is 5.56 Å². The summed E-state index contributed by atoms with van der Waals surface area (Å²) in [6.45, 7) is 4.02. The molecule has 1 aliphatic heterocycles. The lowest BCUT2D eigenvalue weighted by molar-refractivity contribution is 0.375. The summed E-state index contributed by atoms with van der Waals surface area (Å²) in [5.41, 5.74) is 1.99. The van der Waals surface area contributed by atoms with Gasteiger partial charge in [0.25, 0.3) is 0 Å². The van der Waals surface area contributed by atoms with E-state index in [2.05, 4.69) is 4.90 Å². The number of piperazine rings is 1. The van der Waals surface area contributed by atoms with E-state index in [4.69, 9.17) is 9.47 Å². The number of rotatable bonds is 5. The maximum Gasteiger partial charge on any atom is 0.243 e. The molecule has 1 fully saturated rings. The van der Waals surface area contributed by atoms with Gasteiger partial charge >= 0.3 is 0 Å². The van der Waals surface area contributed by atoms with Gasteiger partial charge in [0.15, 0.2) is 0 Å². The molecule has 7 heteroatoms. The normalized spacial score (nSPS) is 15.7. The SMILES string of the molecule is COc1ccc(N2CCN(S(=O)(=O)c3ccc(C)cc3)CC2)c(OC)c1. The van der Waals surface area contributed by atoms with Crippen LogP contribution >= 0.6 is 0 Å². The van der Waals surface area contributed by atoms with Crippen LogP contribution in [0.3, 0.4) is 0 Å². The zero-order valence-corrected chi connectivity index (χ0v) is 16.1. The molecule has 6 nitrogen and oxygen atoms in total. The molecule has 1 heterocycles. The minimum Gasteiger partial charge on any atom is -0.497 e. The molecule has 0 aliphatic carbocycles. The topological polar surface area (TPSA) is 59.1 Å². The van der Waals surface area contributed by atoms with Crippen molar-refractivity contribution in [3.63, 3.8) is 0 Å². The first-order valence-corrected chi connectivity index (χ1v) is 9.93. The van der Waals surface area contributed by atoms with Crippen molar-refractivity contribution < 1.29 is 17.9 Å². The minimum atomic E-state index is -3.46. The van der Waals surface area contributed by atoms with Crippen molar-refractivity contribution in [2.45, 2.75) is 11.8 Å². The first kappa shape index (κ1) is 18.5. The first-order valence-electron chi connectivity index (χ1n) is 8.49. The average molecular weight is 376 g/mol. The van der Waals surface area contributed by atoms with Crippen LogP contribution in [0, 0.1) is 6.92 Å². The Morgan fingerprint density at radius 3 is 2.12 bits per heavy atom. The second kappa shape index (κ2) is 7.55. The molecule has 1 saturated heterocycles. The number of sulfonamides is 1. The second-order valence-electron chi connectivity index (χ2n) is 6.24. The molecule has 0 spiro atoms. The second-order valence-corrected chi connectivity index (χ2v) is 8.18. The molecular weight excluding hydrogens is 352 g/mol. The number of hydrogen-bond acceptors (Lipinski definition) is 5. The van der Waals surface area contributed by atoms with E-state index in [1.54, 1.807) is 30.7 Å². The Hall–Kier alpha value is -2.25. The van der Waals surface area contributed by atoms with Crippen LogP contribution in [0.5, 0.6) is 11.5 Å². The first-order chi connectivity index (χ1) is 12.5. The summed E-state index contributed by atoms with van der Waals surface area (Å²) < 4.78 is 37.9. The molecule has 140 valence electrons. The lowest BCUT2D eigenvalue weighted by atomic mass is 10.2. The number of benzene rings is 2. The van der Waals surface area contributed by atoms with Gasteiger partial charge in [0.2, 0.25) is 10.0 Å². The third kappa shape index (κ3) is 3.64. The van der Waals surface area contributed by atoms with E-state index in [0.717, 1.165) is 22.7 Å². The monoisotopic (exact) mass is 376 g/mol. The molecule has 0 saturated carbocycles. The molecule has 2 aromatic rings. The molecule has 0 radical (unpaired) electrons. The van der Waals surface area contributed by atoms with Crippen molar-refractivity contribution in [1.29, 1.82) is 0 Å². The maximum absolute atomic E-state index is 12.8. The highest BCUT2D eigenvalue weighted by molar-refractivity contribution is 7.89. The summed E-state index contributed by atoms with van der Waals surface area (Å²) in [6.07, 6.45) is 0. The molecule has 1 aliphatic rings. The highest BCUT2D eigenvalue weighted by Gasteiger charge is 2.29. The largest absolute Gasteiger partial charge is 0.497 e. The number of ether oxygens (including phenoxy) is 2. The van der Waals surface area contributed by atoms with E-state index < -0.39 is 10.0 Å². The summed E-state index contributed by atoms with van der Waals surface area (Å²) in [5, 5.41) is 0. The standard InChI is InChI=1S/C19H24N2O4S/c1-15-4-7-17(8-5-15)26(22,23)21-12-10-20(11-13-21)18-9-6-16(24-2)14-19(18)25-3/h4-9,14H,10-13H2,1-3H3. The van der Waals surface area contributed by atoms with Gasteiger partial charge in [-0.2, -0.15) is 4.31 Å². The molecule has 3 rings (SSSR count). The lowest BCUT2D eigenvalue weighted by Gasteiger charge is -2.36. The zero-order valence-electron chi connectivity index (χ0n) is 15.3. The van der Waals surface area contributed by atoms with Gasteiger partial charge in [0.1, 0.15) is 11.5 Å². The zero-order chi connectivity index (χ0) is 18.7. The number of anilines is 1. The Bertz CT molecular complexity index is 858. The Labute approximate surface area is 155 Å². The lowest BCUT2D eigenvalue weighted by Crippen LogP contribution is -2.48. The number of aryl methyl sites for hydroxylation is 1. The van der Waals surface area contributed by atoms with Crippen LogP contribution in [-0.2, 0) is 10.0 Å². The van der Waals surface area contributed by atoms with Crippen molar-refractivity contribution in [2.24, 2.45) is 0 Å². The molecule has 26 heavy (non-hydrogen) atoms. The van der Waals surface area contributed by atoms with Gasteiger partial charge in [-0.05, 0) is 31.2 Å². The minimum absolute atomic E-state index is 0.346. The van der Waals surface area contributed by atoms with Crippen molar-refractivity contribution in [3.8, 4) is 11.5 Å². The van der Waals surface area contributed by atoms with E-state index in [0.29, 0.717) is 31.1 Å². The third-order valence-corrected chi connectivity index (χ3v) is 6.54. The Kier molecular flexibility index (Phi) is 5.38. The van der Waals surface area contributed by atoms with E-state index in [1.165, 1.54) is 0 Å². The molecule has 0 aromatic heterocycles. The van der Waals surface area contributed by atoms with Gasteiger partial charge in [-0.1, -0.05) is 17.7 Å².